The molecule has 0 saturated carbocycles. The molecule has 0 atom stereocenters. The molecule has 1 heterocycles. The summed E-state index contributed by atoms with van der Waals surface area (Å²) in [6.45, 7) is -0.435. The molecule has 1 aliphatic heterocycles. The summed E-state index contributed by atoms with van der Waals surface area (Å²) in [5.74, 6) is -0.855. The van der Waals surface area contributed by atoms with Gasteiger partial charge in [-0.25, -0.2) is 9.79 Å². The molecule has 1 amide bonds. The molecule has 1 aliphatic rings. The van der Waals surface area contributed by atoms with E-state index in [9.17, 15) is 14.7 Å². The van der Waals surface area contributed by atoms with E-state index < -0.39 is 12.6 Å². The predicted molar refractivity (Wildman–Crippen MR) is 98.5 cm³/mol. The quantitative estimate of drug-likeness (QED) is 0.699. The van der Waals surface area contributed by atoms with E-state index in [1.807, 2.05) is 0 Å². The summed E-state index contributed by atoms with van der Waals surface area (Å²) >= 11 is 1.17. The number of carbonyl (C=O) groups excluding carboxylic acids is 1. The molecule has 0 aromatic heterocycles. The molecule has 8 heteroatoms. The zero-order chi connectivity index (χ0) is 18.5. The van der Waals surface area contributed by atoms with Crippen LogP contribution in [0.15, 0.2) is 58.4 Å². The van der Waals surface area contributed by atoms with Crippen molar-refractivity contribution in [1.29, 1.82) is 0 Å². The van der Waals surface area contributed by atoms with Gasteiger partial charge in [0, 0.05) is 6.07 Å². The monoisotopic (exact) mass is 370 g/mol. The molecule has 0 bridgehead atoms. The van der Waals surface area contributed by atoms with Crippen molar-refractivity contribution in [3.63, 3.8) is 0 Å². The summed E-state index contributed by atoms with van der Waals surface area (Å²) in [5.41, 5.74) is 1.22. The lowest BCUT2D eigenvalue weighted by Gasteiger charge is -2.03. The van der Waals surface area contributed by atoms with Gasteiger partial charge in [-0.2, -0.15) is 0 Å². The van der Waals surface area contributed by atoms with Crippen molar-refractivity contribution in [2.75, 3.05) is 6.61 Å². The molecule has 1 fully saturated rings. The van der Waals surface area contributed by atoms with Gasteiger partial charge < -0.3 is 20.3 Å². The Balaban J connectivity index is 1.76. The number of rotatable bonds is 5. The molecule has 132 valence electrons. The van der Waals surface area contributed by atoms with E-state index in [4.69, 9.17) is 9.84 Å². The number of aliphatic imine (C=N–C) groups is 1. The number of carboxylic acids is 1. The van der Waals surface area contributed by atoms with Crippen LogP contribution in [0.2, 0.25) is 0 Å². The predicted octanol–water partition coefficient (Wildman–Crippen LogP) is 2.75. The van der Waals surface area contributed by atoms with E-state index in [-0.39, 0.29) is 11.7 Å². The van der Waals surface area contributed by atoms with Gasteiger partial charge in [-0.3, -0.25) is 4.79 Å². The van der Waals surface area contributed by atoms with Crippen molar-refractivity contribution in [3.8, 4) is 11.5 Å². The molecular weight excluding hydrogens is 356 g/mol. The number of benzene rings is 2. The van der Waals surface area contributed by atoms with Gasteiger partial charge in [-0.1, -0.05) is 18.2 Å². The molecule has 0 unspecified atom stereocenters. The van der Waals surface area contributed by atoms with Crippen LogP contribution in [0.5, 0.6) is 11.5 Å². The van der Waals surface area contributed by atoms with Crippen molar-refractivity contribution in [3.05, 3.63) is 59.0 Å². The number of carboxylic acid groups (broad SMARTS) is 1. The Morgan fingerprint density at radius 2 is 2.04 bits per heavy atom. The Kier molecular flexibility index (Phi) is 5.23. The molecule has 3 N–H and O–H groups in total. The minimum Gasteiger partial charge on any atom is -0.508 e. The van der Waals surface area contributed by atoms with Crippen LogP contribution in [-0.2, 0) is 9.59 Å². The molecule has 0 spiro atoms. The third-order valence-corrected chi connectivity index (χ3v) is 4.14. The second kappa shape index (κ2) is 7.75. The molecule has 2 aromatic carbocycles. The Bertz CT molecular complexity index is 923. The maximum absolute atomic E-state index is 12.1. The van der Waals surface area contributed by atoms with E-state index in [0.717, 1.165) is 0 Å². The summed E-state index contributed by atoms with van der Waals surface area (Å²) in [4.78, 5) is 27.4. The van der Waals surface area contributed by atoms with Crippen LogP contribution in [0.25, 0.3) is 6.08 Å². The molecule has 0 aliphatic carbocycles. The Hall–Kier alpha value is -3.26. The van der Waals surface area contributed by atoms with Crippen molar-refractivity contribution < 1.29 is 24.5 Å². The number of thioether (sulfide) groups is 1. The average molecular weight is 370 g/mol. The first-order chi connectivity index (χ1) is 12.5. The number of nitrogens with zero attached hydrogens (tertiary/aromatic N) is 1. The van der Waals surface area contributed by atoms with Crippen LogP contribution in [0.3, 0.4) is 0 Å². The summed E-state index contributed by atoms with van der Waals surface area (Å²) < 4.78 is 5.13. The van der Waals surface area contributed by atoms with Crippen LogP contribution in [0.1, 0.15) is 5.56 Å². The summed E-state index contributed by atoms with van der Waals surface area (Å²) in [5, 5.41) is 21.2. The third-order valence-electron chi connectivity index (χ3n) is 3.23. The fraction of sp³-hybridized carbons (Fsp3) is 0.0556. The highest BCUT2D eigenvalue weighted by Crippen LogP contribution is 2.29. The number of amidine groups is 1. The minimum atomic E-state index is -1.06. The topological polar surface area (TPSA) is 108 Å². The number of phenols is 1. The average Bonchev–Trinajstić information content (AvgIpc) is 2.92. The van der Waals surface area contributed by atoms with Gasteiger partial charge in [-0.05, 0) is 47.7 Å². The number of hydrogen-bond donors (Lipinski definition) is 3. The number of carbonyl (C=O) groups is 2. The molecule has 7 nitrogen and oxygen atoms in total. The van der Waals surface area contributed by atoms with Gasteiger partial charge in [0.15, 0.2) is 11.8 Å². The Morgan fingerprint density at radius 3 is 2.81 bits per heavy atom. The number of hydrogen-bond acceptors (Lipinski definition) is 6. The van der Waals surface area contributed by atoms with Gasteiger partial charge in [0.2, 0.25) is 0 Å². The van der Waals surface area contributed by atoms with Crippen molar-refractivity contribution in [2.45, 2.75) is 0 Å². The van der Waals surface area contributed by atoms with Crippen LogP contribution in [-0.4, -0.2) is 33.9 Å². The van der Waals surface area contributed by atoms with Crippen LogP contribution >= 0.6 is 11.8 Å². The Labute approximate surface area is 153 Å². The van der Waals surface area contributed by atoms with Crippen molar-refractivity contribution >= 4 is 40.6 Å². The standard InChI is InChI=1S/C18H14N2O5S/c21-13-5-2-4-12(9-13)19-18-20-17(24)15(26-18)8-11-3-1-6-14(7-11)25-10-16(22)23/h1-9,21H,10H2,(H,22,23)(H,19,20,24)/b15-8-. The largest absolute Gasteiger partial charge is 0.508 e. The molecule has 2 aromatic rings. The molecule has 0 radical (unpaired) electrons. The lowest BCUT2D eigenvalue weighted by atomic mass is 10.2. The van der Waals surface area contributed by atoms with Crippen LogP contribution in [0, 0.1) is 0 Å². The molecular formula is C18H14N2O5S. The fourth-order valence-electron chi connectivity index (χ4n) is 2.15. The zero-order valence-corrected chi connectivity index (χ0v) is 14.2. The van der Waals surface area contributed by atoms with Gasteiger partial charge >= 0.3 is 5.97 Å². The summed E-state index contributed by atoms with van der Waals surface area (Å²) in [6.07, 6.45) is 1.67. The number of amides is 1. The number of aromatic hydroxyl groups is 1. The summed E-state index contributed by atoms with van der Waals surface area (Å²) in [7, 11) is 0. The SMILES string of the molecule is O=C(O)COc1cccc(/C=C2\SC(=Nc3cccc(O)c3)NC2=O)c1. The minimum absolute atomic E-state index is 0.0927. The maximum atomic E-state index is 12.1. The van der Waals surface area contributed by atoms with Gasteiger partial charge in [0.1, 0.15) is 11.5 Å². The number of nitrogens with one attached hydrogen (secondary N) is 1. The Morgan fingerprint density at radius 1 is 1.23 bits per heavy atom. The van der Waals surface area contributed by atoms with Gasteiger partial charge in [0.25, 0.3) is 5.91 Å². The number of ether oxygens (including phenoxy) is 1. The number of phenolic OH excluding ortho intramolecular Hbond substituents is 1. The normalized spacial score (nSPS) is 16.7. The van der Waals surface area contributed by atoms with Crippen LogP contribution in [0.4, 0.5) is 5.69 Å². The van der Waals surface area contributed by atoms with Gasteiger partial charge in [-0.15, -0.1) is 0 Å². The second-order valence-corrected chi connectivity index (χ2v) is 6.29. The van der Waals surface area contributed by atoms with Crippen molar-refractivity contribution in [2.24, 2.45) is 4.99 Å². The first-order valence-corrected chi connectivity index (χ1v) is 8.34. The second-order valence-electron chi connectivity index (χ2n) is 5.26. The third kappa shape index (κ3) is 4.64. The van der Waals surface area contributed by atoms with Gasteiger partial charge in [0.05, 0.1) is 10.6 Å². The van der Waals surface area contributed by atoms with E-state index in [1.54, 1.807) is 42.5 Å². The van der Waals surface area contributed by atoms with E-state index in [2.05, 4.69) is 10.3 Å². The first-order valence-electron chi connectivity index (χ1n) is 7.53. The summed E-state index contributed by atoms with van der Waals surface area (Å²) in [6, 6.07) is 13.2. The van der Waals surface area contributed by atoms with Crippen LogP contribution < -0.4 is 10.1 Å². The fourth-order valence-corrected chi connectivity index (χ4v) is 2.99. The number of aliphatic carboxylic acids is 1. The van der Waals surface area contributed by atoms with E-state index >= 15 is 0 Å². The van der Waals surface area contributed by atoms with E-state index in [0.29, 0.717) is 27.1 Å². The molecule has 26 heavy (non-hydrogen) atoms. The van der Waals surface area contributed by atoms with Crippen molar-refractivity contribution in [1.82, 2.24) is 5.32 Å². The first kappa shape index (κ1) is 17.6. The van der Waals surface area contributed by atoms with E-state index in [1.165, 1.54) is 23.9 Å². The smallest absolute Gasteiger partial charge is 0.341 e. The molecule has 3 rings (SSSR count). The maximum Gasteiger partial charge on any atom is 0.341 e. The highest BCUT2D eigenvalue weighted by molar-refractivity contribution is 8.18. The zero-order valence-electron chi connectivity index (χ0n) is 13.4. The molecule has 1 saturated heterocycles. The highest BCUT2D eigenvalue weighted by Gasteiger charge is 2.23. The lowest BCUT2D eigenvalue weighted by molar-refractivity contribution is -0.139. The highest BCUT2D eigenvalue weighted by atomic mass is 32.2. The lowest BCUT2D eigenvalue weighted by Crippen LogP contribution is -2.19.